The van der Waals surface area contributed by atoms with Crippen LogP contribution in [-0.4, -0.2) is 44.9 Å². The summed E-state index contributed by atoms with van der Waals surface area (Å²) in [6, 6.07) is 6.43. The standard InChI is InChI=1S/C18H21F3N4O3/c1-3-28-14-7-5-4-6-13(14)15(26)24-10-8-12(9-11-24)25-17(27)23(2)16(22-25)18(19,20)21/h4-7,12H,3,8-11H2,1-2H3. The van der Waals surface area contributed by atoms with Gasteiger partial charge in [-0.1, -0.05) is 12.1 Å². The smallest absolute Gasteiger partial charge is 0.451 e. The molecule has 2 heterocycles. The number of rotatable bonds is 4. The van der Waals surface area contributed by atoms with Crippen molar-refractivity contribution >= 4 is 5.91 Å². The number of aromatic nitrogens is 3. The van der Waals surface area contributed by atoms with Crippen molar-refractivity contribution in [1.82, 2.24) is 19.2 Å². The van der Waals surface area contributed by atoms with Gasteiger partial charge in [0.05, 0.1) is 18.2 Å². The van der Waals surface area contributed by atoms with Gasteiger partial charge in [-0.25, -0.2) is 9.48 Å². The van der Waals surface area contributed by atoms with Crippen molar-refractivity contribution in [1.29, 1.82) is 0 Å². The third-order valence-corrected chi connectivity index (χ3v) is 4.77. The minimum Gasteiger partial charge on any atom is -0.493 e. The lowest BCUT2D eigenvalue weighted by atomic mass is 10.0. The maximum absolute atomic E-state index is 13.0. The van der Waals surface area contributed by atoms with Crippen molar-refractivity contribution in [3.8, 4) is 5.75 Å². The topological polar surface area (TPSA) is 69.4 Å². The predicted octanol–water partition coefficient (Wildman–Crippen LogP) is 2.48. The van der Waals surface area contributed by atoms with Gasteiger partial charge in [0.25, 0.3) is 5.91 Å². The fourth-order valence-electron chi connectivity index (χ4n) is 3.35. The number of para-hydroxylation sites is 1. The summed E-state index contributed by atoms with van der Waals surface area (Å²) in [5, 5.41) is 3.49. The summed E-state index contributed by atoms with van der Waals surface area (Å²) in [4.78, 5) is 26.6. The molecule has 1 aromatic heterocycles. The van der Waals surface area contributed by atoms with E-state index >= 15 is 0 Å². The van der Waals surface area contributed by atoms with Gasteiger partial charge in [0.2, 0.25) is 5.82 Å². The van der Waals surface area contributed by atoms with Crippen LogP contribution < -0.4 is 10.4 Å². The number of likely N-dealkylation sites (tertiary alicyclic amines) is 1. The highest BCUT2D eigenvalue weighted by Gasteiger charge is 2.39. The fourth-order valence-corrected chi connectivity index (χ4v) is 3.35. The molecular weight excluding hydrogens is 377 g/mol. The molecular formula is C18H21F3N4O3. The van der Waals surface area contributed by atoms with Crippen molar-refractivity contribution in [2.45, 2.75) is 32.0 Å². The van der Waals surface area contributed by atoms with Crippen LogP contribution in [0.15, 0.2) is 29.1 Å². The molecule has 2 aromatic rings. The summed E-state index contributed by atoms with van der Waals surface area (Å²) in [5.41, 5.74) is -0.365. The van der Waals surface area contributed by atoms with Crippen LogP contribution in [0.3, 0.4) is 0 Å². The molecule has 1 fully saturated rings. The Balaban J connectivity index is 1.74. The van der Waals surface area contributed by atoms with Crippen LogP contribution >= 0.6 is 0 Å². The third-order valence-electron chi connectivity index (χ3n) is 4.77. The van der Waals surface area contributed by atoms with Crippen LogP contribution in [0.25, 0.3) is 0 Å². The molecule has 0 unspecified atom stereocenters. The number of carbonyl (C=O) groups is 1. The van der Waals surface area contributed by atoms with Gasteiger partial charge >= 0.3 is 11.9 Å². The number of amides is 1. The Kier molecular flexibility index (Phi) is 5.48. The van der Waals surface area contributed by atoms with E-state index in [1.165, 1.54) is 0 Å². The summed E-state index contributed by atoms with van der Waals surface area (Å²) in [6.07, 6.45) is -4.01. The summed E-state index contributed by atoms with van der Waals surface area (Å²) < 4.78 is 45.8. The first kappa shape index (κ1) is 20.0. The summed E-state index contributed by atoms with van der Waals surface area (Å²) in [6.45, 7) is 2.88. The van der Waals surface area contributed by atoms with Gasteiger partial charge in [0.1, 0.15) is 5.75 Å². The number of carbonyl (C=O) groups excluding carboxylic acids is 1. The van der Waals surface area contributed by atoms with Gasteiger partial charge in [-0.2, -0.15) is 13.2 Å². The minimum absolute atomic E-state index is 0.202. The molecule has 0 spiro atoms. The highest BCUT2D eigenvalue weighted by molar-refractivity contribution is 5.97. The molecule has 0 saturated carbocycles. The summed E-state index contributed by atoms with van der Waals surface area (Å²) in [7, 11) is 1.05. The molecule has 152 valence electrons. The van der Waals surface area contributed by atoms with Crippen molar-refractivity contribution in [2.75, 3.05) is 19.7 Å². The van der Waals surface area contributed by atoms with E-state index in [0.29, 0.717) is 48.4 Å². The molecule has 1 aromatic carbocycles. The highest BCUT2D eigenvalue weighted by Crippen LogP contribution is 2.29. The summed E-state index contributed by atoms with van der Waals surface area (Å²) >= 11 is 0. The number of piperidine rings is 1. The van der Waals surface area contributed by atoms with Gasteiger partial charge in [-0.15, -0.1) is 5.10 Å². The Bertz CT molecular complexity index is 912. The lowest BCUT2D eigenvalue weighted by molar-refractivity contribution is -0.147. The lowest BCUT2D eigenvalue weighted by Gasteiger charge is -2.32. The van der Waals surface area contributed by atoms with E-state index < -0.39 is 23.7 Å². The number of alkyl halides is 3. The number of hydrogen-bond donors (Lipinski definition) is 0. The maximum Gasteiger partial charge on any atom is 0.451 e. The van der Waals surface area contributed by atoms with Crippen LogP contribution in [0, 0.1) is 0 Å². The first-order valence-electron chi connectivity index (χ1n) is 8.97. The minimum atomic E-state index is -4.70. The van der Waals surface area contributed by atoms with Gasteiger partial charge in [0, 0.05) is 20.1 Å². The summed E-state index contributed by atoms with van der Waals surface area (Å²) in [5.74, 6) is -0.929. The van der Waals surface area contributed by atoms with Crippen LogP contribution in [0.2, 0.25) is 0 Å². The largest absolute Gasteiger partial charge is 0.493 e. The Labute approximate surface area is 159 Å². The zero-order valence-corrected chi connectivity index (χ0v) is 15.6. The number of hydrogen-bond acceptors (Lipinski definition) is 4. The van der Waals surface area contributed by atoms with E-state index in [2.05, 4.69) is 5.10 Å². The Morgan fingerprint density at radius 1 is 1.25 bits per heavy atom. The average molecular weight is 398 g/mol. The second-order valence-electron chi connectivity index (χ2n) is 6.56. The molecule has 1 aliphatic rings. The van der Waals surface area contributed by atoms with E-state index in [9.17, 15) is 22.8 Å². The first-order valence-corrected chi connectivity index (χ1v) is 8.97. The molecule has 1 amide bonds. The Hall–Kier alpha value is -2.78. The molecule has 0 bridgehead atoms. The van der Waals surface area contributed by atoms with E-state index in [0.717, 1.165) is 11.7 Å². The van der Waals surface area contributed by atoms with E-state index in [4.69, 9.17) is 4.74 Å². The molecule has 0 atom stereocenters. The number of nitrogens with zero attached hydrogens (tertiary/aromatic N) is 4. The van der Waals surface area contributed by atoms with E-state index in [-0.39, 0.29) is 5.91 Å². The van der Waals surface area contributed by atoms with Crippen molar-refractivity contribution in [2.24, 2.45) is 7.05 Å². The predicted molar refractivity (Wildman–Crippen MR) is 94.3 cm³/mol. The van der Waals surface area contributed by atoms with Crippen molar-refractivity contribution in [3.05, 3.63) is 46.1 Å². The van der Waals surface area contributed by atoms with Crippen molar-refractivity contribution in [3.63, 3.8) is 0 Å². The van der Waals surface area contributed by atoms with Crippen LogP contribution in [0.4, 0.5) is 13.2 Å². The normalized spacial score (nSPS) is 15.7. The Morgan fingerprint density at radius 2 is 1.89 bits per heavy atom. The molecule has 0 aliphatic carbocycles. The van der Waals surface area contributed by atoms with Crippen LogP contribution in [-0.2, 0) is 13.2 Å². The molecule has 1 aliphatic heterocycles. The average Bonchev–Trinajstić information content (AvgIpc) is 2.97. The highest BCUT2D eigenvalue weighted by atomic mass is 19.4. The first-order chi connectivity index (χ1) is 13.2. The second-order valence-corrected chi connectivity index (χ2v) is 6.56. The molecule has 1 saturated heterocycles. The Morgan fingerprint density at radius 3 is 2.46 bits per heavy atom. The maximum atomic E-state index is 13.0. The number of ether oxygens (including phenoxy) is 1. The second kappa shape index (κ2) is 7.69. The third kappa shape index (κ3) is 3.76. The molecule has 10 heteroatoms. The van der Waals surface area contributed by atoms with Gasteiger partial charge < -0.3 is 9.64 Å². The van der Waals surface area contributed by atoms with Crippen LogP contribution in [0.1, 0.15) is 42.0 Å². The van der Waals surface area contributed by atoms with Gasteiger partial charge in [-0.3, -0.25) is 9.36 Å². The monoisotopic (exact) mass is 398 g/mol. The number of halogens is 3. The van der Waals surface area contributed by atoms with E-state index in [1.54, 1.807) is 29.2 Å². The molecule has 28 heavy (non-hydrogen) atoms. The zero-order chi connectivity index (χ0) is 20.5. The quantitative estimate of drug-likeness (QED) is 0.794. The van der Waals surface area contributed by atoms with Gasteiger partial charge in [0.15, 0.2) is 0 Å². The van der Waals surface area contributed by atoms with Crippen LogP contribution in [0.5, 0.6) is 5.75 Å². The lowest BCUT2D eigenvalue weighted by Crippen LogP contribution is -2.41. The fraction of sp³-hybridized carbons (Fsp3) is 0.500. The molecule has 3 rings (SSSR count). The molecule has 0 N–H and O–H groups in total. The molecule has 0 radical (unpaired) electrons. The van der Waals surface area contributed by atoms with Crippen molar-refractivity contribution < 1.29 is 22.7 Å². The zero-order valence-electron chi connectivity index (χ0n) is 15.6. The number of benzene rings is 1. The van der Waals surface area contributed by atoms with Gasteiger partial charge in [-0.05, 0) is 31.9 Å². The SMILES string of the molecule is CCOc1ccccc1C(=O)N1CCC(n2nc(C(F)(F)F)n(C)c2=O)CC1. The van der Waals surface area contributed by atoms with E-state index in [1.807, 2.05) is 6.92 Å². The molecule has 7 nitrogen and oxygen atoms in total.